The number of amides is 1. The van der Waals surface area contributed by atoms with Gasteiger partial charge >= 0.3 is 0 Å². The molecule has 0 spiro atoms. The van der Waals surface area contributed by atoms with Gasteiger partial charge in [0.15, 0.2) is 0 Å². The van der Waals surface area contributed by atoms with Crippen LogP contribution in [0.1, 0.15) is 5.56 Å². The highest BCUT2D eigenvalue weighted by Crippen LogP contribution is 1.98. The monoisotopic (exact) mass is 259 g/mol. The molecular weight excluding hydrogens is 242 g/mol. The number of benzene rings is 1. The number of carbonyl (C=O) groups excluding carboxylic acids is 1. The molecule has 1 aromatic carbocycles. The Bertz CT molecular complexity index is 463. The third-order valence-electron chi connectivity index (χ3n) is 2.36. The molecule has 0 bridgehead atoms. The molecule has 0 heterocycles. The van der Waals surface area contributed by atoms with Gasteiger partial charge in [-0.25, -0.2) is 0 Å². The minimum Gasteiger partial charge on any atom is -0.387 e. The highest BCUT2D eigenvalue weighted by molar-refractivity contribution is 5.97. The molecule has 0 aliphatic carbocycles. The van der Waals surface area contributed by atoms with Crippen molar-refractivity contribution in [2.24, 2.45) is 0 Å². The first-order chi connectivity index (χ1) is 9.27. The Morgan fingerprint density at radius 2 is 2.16 bits per heavy atom. The number of nitrogens with zero attached hydrogens (tertiary/aromatic N) is 1. The van der Waals surface area contributed by atoms with E-state index in [0.717, 1.165) is 5.56 Å². The molecule has 0 radical (unpaired) electrons. The first-order valence-corrected chi connectivity index (χ1v) is 5.92. The summed E-state index contributed by atoms with van der Waals surface area (Å²) in [7, 11) is 1.59. The van der Waals surface area contributed by atoms with Crippen LogP contribution in [0, 0.1) is 11.3 Å². The largest absolute Gasteiger partial charge is 0.387 e. The molecule has 0 atom stereocenters. The molecule has 0 fully saturated rings. The van der Waals surface area contributed by atoms with Crippen LogP contribution in [0.4, 0.5) is 0 Å². The van der Waals surface area contributed by atoms with Gasteiger partial charge in [-0.2, -0.15) is 5.26 Å². The van der Waals surface area contributed by atoms with Gasteiger partial charge < -0.3 is 15.4 Å². The van der Waals surface area contributed by atoms with Crippen LogP contribution >= 0.6 is 0 Å². The lowest BCUT2D eigenvalue weighted by atomic mass is 10.2. The first kappa shape index (κ1) is 14.7. The summed E-state index contributed by atoms with van der Waals surface area (Å²) in [5.41, 5.74) is 1.03. The first-order valence-electron chi connectivity index (χ1n) is 5.92. The molecule has 5 nitrogen and oxygen atoms in total. The van der Waals surface area contributed by atoms with Crippen LogP contribution in [-0.4, -0.2) is 26.2 Å². The molecule has 0 unspecified atom stereocenters. The third kappa shape index (κ3) is 5.70. The molecule has 5 heteroatoms. The number of nitriles is 1. The number of ether oxygens (including phenoxy) is 1. The van der Waals surface area contributed by atoms with E-state index in [2.05, 4.69) is 10.6 Å². The lowest BCUT2D eigenvalue weighted by Gasteiger charge is -2.05. The fourth-order valence-corrected chi connectivity index (χ4v) is 1.36. The van der Waals surface area contributed by atoms with Crippen LogP contribution in [0.5, 0.6) is 0 Å². The van der Waals surface area contributed by atoms with Gasteiger partial charge in [-0.3, -0.25) is 4.79 Å². The van der Waals surface area contributed by atoms with E-state index in [4.69, 9.17) is 10.00 Å². The molecule has 2 N–H and O–H groups in total. The zero-order valence-corrected chi connectivity index (χ0v) is 10.8. The maximum atomic E-state index is 11.7. The summed E-state index contributed by atoms with van der Waals surface area (Å²) in [6.07, 6.45) is 1.40. The lowest BCUT2D eigenvalue weighted by Crippen LogP contribution is -2.25. The smallest absolute Gasteiger partial charge is 0.263 e. The van der Waals surface area contributed by atoms with Crippen molar-refractivity contribution >= 4 is 5.91 Å². The molecule has 100 valence electrons. The zero-order chi connectivity index (χ0) is 13.9. The van der Waals surface area contributed by atoms with Gasteiger partial charge in [0.05, 0.1) is 6.61 Å². The highest BCUT2D eigenvalue weighted by atomic mass is 16.5. The Morgan fingerprint density at radius 1 is 1.42 bits per heavy atom. The Hall–Kier alpha value is -2.32. The maximum absolute atomic E-state index is 11.7. The van der Waals surface area contributed by atoms with E-state index in [-0.39, 0.29) is 5.57 Å². The Balaban J connectivity index is 2.44. The van der Waals surface area contributed by atoms with Gasteiger partial charge in [0.2, 0.25) is 0 Å². The number of nitrogens with one attached hydrogen (secondary N) is 2. The second-order valence-corrected chi connectivity index (χ2v) is 3.79. The minimum absolute atomic E-state index is 0.0482. The highest BCUT2D eigenvalue weighted by Gasteiger charge is 2.07. The van der Waals surface area contributed by atoms with Crippen molar-refractivity contribution in [3.63, 3.8) is 0 Å². The van der Waals surface area contributed by atoms with Crippen LogP contribution < -0.4 is 10.6 Å². The van der Waals surface area contributed by atoms with Crippen molar-refractivity contribution in [1.29, 1.82) is 5.26 Å². The van der Waals surface area contributed by atoms with Gasteiger partial charge in [-0.1, -0.05) is 30.3 Å². The van der Waals surface area contributed by atoms with Crippen molar-refractivity contribution in [3.8, 4) is 6.07 Å². The fourth-order valence-electron chi connectivity index (χ4n) is 1.36. The van der Waals surface area contributed by atoms with Crippen molar-refractivity contribution < 1.29 is 9.53 Å². The fraction of sp³-hybridized carbons (Fsp3) is 0.286. The van der Waals surface area contributed by atoms with Crippen LogP contribution in [0.15, 0.2) is 42.1 Å². The Morgan fingerprint density at radius 3 is 2.79 bits per heavy atom. The van der Waals surface area contributed by atoms with Crippen molar-refractivity contribution in [2.45, 2.75) is 6.54 Å². The van der Waals surface area contributed by atoms with Gasteiger partial charge in [-0.05, 0) is 5.56 Å². The third-order valence-corrected chi connectivity index (χ3v) is 2.36. The topological polar surface area (TPSA) is 74.1 Å². The predicted octanol–water partition coefficient (Wildman–Crippen LogP) is 0.946. The molecule has 0 aliphatic heterocycles. The number of hydrogen-bond donors (Lipinski definition) is 2. The van der Waals surface area contributed by atoms with Gasteiger partial charge in [-0.15, -0.1) is 0 Å². The van der Waals surface area contributed by atoms with E-state index in [0.29, 0.717) is 19.7 Å². The molecule has 0 saturated carbocycles. The SMILES string of the molecule is COCCN/C=C(/C#N)C(=O)NCc1ccccc1. The van der Waals surface area contributed by atoms with Crippen molar-refractivity contribution in [2.75, 3.05) is 20.3 Å². The zero-order valence-electron chi connectivity index (χ0n) is 10.8. The molecule has 19 heavy (non-hydrogen) atoms. The van der Waals surface area contributed by atoms with E-state index in [1.165, 1.54) is 6.20 Å². The summed E-state index contributed by atoms with van der Waals surface area (Å²) in [5.74, 6) is -0.392. The average molecular weight is 259 g/mol. The van der Waals surface area contributed by atoms with Crippen LogP contribution in [-0.2, 0) is 16.1 Å². The average Bonchev–Trinajstić information content (AvgIpc) is 2.46. The quantitative estimate of drug-likeness (QED) is 0.434. The molecule has 0 saturated heterocycles. The predicted molar refractivity (Wildman–Crippen MR) is 71.9 cm³/mol. The Kier molecular flexibility index (Phi) is 6.77. The van der Waals surface area contributed by atoms with E-state index in [1.54, 1.807) is 7.11 Å². The lowest BCUT2D eigenvalue weighted by molar-refractivity contribution is -0.117. The van der Waals surface area contributed by atoms with Gasteiger partial charge in [0.1, 0.15) is 11.6 Å². The molecule has 1 aromatic rings. The van der Waals surface area contributed by atoms with Gasteiger partial charge in [0, 0.05) is 26.4 Å². The summed E-state index contributed by atoms with van der Waals surface area (Å²) in [5, 5.41) is 14.4. The van der Waals surface area contributed by atoms with Crippen LogP contribution in [0.2, 0.25) is 0 Å². The maximum Gasteiger partial charge on any atom is 0.263 e. The van der Waals surface area contributed by atoms with Crippen LogP contribution in [0.25, 0.3) is 0 Å². The normalized spacial score (nSPS) is 10.6. The molecular formula is C14H17N3O2. The second-order valence-electron chi connectivity index (χ2n) is 3.79. The van der Waals surface area contributed by atoms with Crippen LogP contribution in [0.3, 0.4) is 0 Å². The summed E-state index contributed by atoms with van der Waals surface area (Å²) >= 11 is 0. The van der Waals surface area contributed by atoms with Crippen molar-refractivity contribution in [3.05, 3.63) is 47.7 Å². The van der Waals surface area contributed by atoms with E-state index >= 15 is 0 Å². The summed E-state index contributed by atoms with van der Waals surface area (Å²) < 4.78 is 4.85. The summed E-state index contributed by atoms with van der Waals surface area (Å²) in [4.78, 5) is 11.7. The Labute approximate surface area is 112 Å². The molecule has 0 aliphatic rings. The standard InChI is InChI=1S/C14H17N3O2/c1-19-8-7-16-11-13(9-15)14(18)17-10-12-5-3-2-4-6-12/h2-6,11,16H,7-8,10H2,1H3,(H,17,18)/b13-11-. The number of hydrogen-bond acceptors (Lipinski definition) is 4. The molecule has 1 rings (SSSR count). The number of rotatable bonds is 7. The molecule has 1 amide bonds. The summed E-state index contributed by atoms with van der Waals surface area (Å²) in [6, 6.07) is 11.4. The minimum atomic E-state index is -0.392. The van der Waals surface area contributed by atoms with Gasteiger partial charge in [0.25, 0.3) is 5.91 Å². The summed E-state index contributed by atoms with van der Waals surface area (Å²) in [6.45, 7) is 1.46. The number of methoxy groups -OCH3 is 1. The van der Waals surface area contributed by atoms with E-state index in [9.17, 15) is 4.79 Å². The van der Waals surface area contributed by atoms with E-state index < -0.39 is 5.91 Å². The van der Waals surface area contributed by atoms with Crippen molar-refractivity contribution in [1.82, 2.24) is 10.6 Å². The van der Waals surface area contributed by atoms with E-state index in [1.807, 2.05) is 36.4 Å². The molecule has 0 aromatic heterocycles. The second kappa shape index (κ2) is 8.72. The number of carbonyl (C=O) groups is 1.